The van der Waals surface area contributed by atoms with Crippen molar-refractivity contribution in [3.05, 3.63) is 32.4 Å². The molecule has 2 heterocycles. The summed E-state index contributed by atoms with van der Waals surface area (Å²) in [7, 11) is 3.15. The molecule has 0 saturated heterocycles. The zero-order valence-electron chi connectivity index (χ0n) is 15.1. The second-order valence-electron chi connectivity index (χ2n) is 5.76. The van der Waals surface area contributed by atoms with Gasteiger partial charge in [0, 0.05) is 0 Å². The minimum atomic E-state index is -0.867. The van der Waals surface area contributed by atoms with Crippen LogP contribution in [0.25, 0.3) is 10.9 Å². The zero-order valence-corrected chi connectivity index (χ0v) is 16.8. The van der Waals surface area contributed by atoms with Crippen LogP contribution in [0.2, 0.25) is 0 Å². The fourth-order valence-electron chi connectivity index (χ4n) is 2.83. The number of fused-ring (bicyclic) bond motifs is 1. The Hall–Kier alpha value is -2.57. The van der Waals surface area contributed by atoms with Crippen LogP contribution < -0.4 is 14.8 Å². The number of aryl methyl sites for hydroxylation is 2. The molecule has 2 N–H and O–H groups in total. The van der Waals surface area contributed by atoms with E-state index in [4.69, 9.17) is 9.47 Å². The van der Waals surface area contributed by atoms with E-state index in [0.717, 1.165) is 26.6 Å². The van der Waals surface area contributed by atoms with Crippen LogP contribution >= 0.6 is 0 Å². The summed E-state index contributed by atoms with van der Waals surface area (Å²) in [6, 6.07) is 3.63. The van der Waals surface area contributed by atoms with Gasteiger partial charge >= 0.3 is 156 Å². The van der Waals surface area contributed by atoms with E-state index in [1.54, 1.807) is 20.3 Å². The number of carboxylic acid groups (broad SMARTS) is 1. The van der Waals surface area contributed by atoms with Gasteiger partial charge in [0.1, 0.15) is 0 Å². The van der Waals surface area contributed by atoms with E-state index in [-0.39, 0.29) is 14.5 Å². The number of aromatic carboxylic acids is 1. The molecule has 0 bridgehead atoms. The number of rotatable bonds is 5. The monoisotopic (exact) mass is 421 g/mol. The van der Waals surface area contributed by atoms with Gasteiger partial charge in [-0.3, -0.25) is 0 Å². The van der Waals surface area contributed by atoms with Gasteiger partial charge in [-0.1, -0.05) is 0 Å². The minimum absolute atomic E-state index is 0.197. The summed E-state index contributed by atoms with van der Waals surface area (Å²) in [6.45, 7) is 5.58. The first-order valence-corrected chi connectivity index (χ1v) is 9.57. The Bertz CT molecular complexity index is 1010. The first kappa shape index (κ1) is 18.2. The molecule has 8 heteroatoms. The third kappa shape index (κ3) is 3.13. The van der Waals surface area contributed by atoms with Crippen molar-refractivity contribution in [2.75, 3.05) is 19.5 Å². The van der Waals surface area contributed by atoms with Crippen molar-refractivity contribution in [1.82, 2.24) is 9.97 Å². The maximum atomic E-state index is 11.4. The molecule has 0 saturated carbocycles. The Labute approximate surface area is 156 Å². The molecule has 26 heavy (non-hydrogen) atoms. The molecule has 2 aromatic heterocycles. The van der Waals surface area contributed by atoms with Gasteiger partial charge in [-0.2, -0.15) is 0 Å². The van der Waals surface area contributed by atoms with Gasteiger partial charge in [-0.05, 0) is 0 Å². The first-order chi connectivity index (χ1) is 12.3. The van der Waals surface area contributed by atoms with E-state index < -0.39 is 5.97 Å². The third-order valence-electron chi connectivity index (χ3n) is 4.07. The van der Waals surface area contributed by atoms with Crippen LogP contribution in [-0.2, 0) is 0 Å². The zero-order chi connectivity index (χ0) is 19.0. The summed E-state index contributed by atoms with van der Waals surface area (Å²) >= 11 is -0.197. The van der Waals surface area contributed by atoms with E-state index in [0.29, 0.717) is 27.6 Å². The van der Waals surface area contributed by atoms with Gasteiger partial charge < -0.3 is 0 Å². The summed E-state index contributed by atoms with van der Waals surface area (Å²) < 4.78 is 12.2. The number of methoxy groups -OCH3 is 2. The Morgan fingerprint density at radius 1 is 1.12 bits per heavy atom. The maximum absolute atomic E-state index is 11.4. The average molecular weight is 420 g/mol. The molecular weight excluding hydrogens is 401 g/mol. The standard InChI is InChI=1S/C18H19N3O4Se/c1-8-15(9(2)26-16(8)18(22)23)21-17-11-6-13(24-4)14(25-5)7-12(11)19-10(3)20-17/h6-7H,1-5H3,(H,22,23)(H,19,20,21). The summed E-state index contributed by atoms with van der Waals surface area (Å²) in [5.74, 6) is 1.52. The quantitative estimate of drug-likeness (QED) is 0.613. The second-order valence-corrected chi connectivity index (χ2v) is 8.33. The number of nitrogens with zero attached hydrogens (tertiary/aromatic N) is 2. The number of hydrogen-bond donors (Lipinski definition) is 2. The molecule has 0 aliphatic carbocycles. The van der Waals surface area contributed by atoms with Crippen LogP contribution in [0.4, 0.5) is 11.5 Å². The number of carboxylic acids is 1. The number of aromatic nitrogens is 2. The Balaban J connectivity index is 2.18. The second kappa shape index (κ2) is 6.97. The third-order valence-corrected chi connectivity index (χ3v) is 6.58. The van der Waals surface area contributed by atoms with Crippen LogP contribution in [0.1, 0.15) is 25.1 Å². The van der Waals surface area contributed by atoms with Crippen molar-refractivity contribution in [2.24, 2.45) is 0 Å². The number of hydrogen-bond acceptors (Lipinski definition) is 6. The Morgan fingerprint density at radius 3 is 2.35 bits per heavy atom. The molecule has 1 aromatic carbocycles. The summed E-state index contributed by atoms with van der Waals surface area (Å²) in [4.78, 5) is 20.4. The first-order valence-electron chi connectivity index (χ1n) is 7.86. The number of carbonyl (C=O) groups is 1. The van der Waals surface area contributed by atoms with Crippen molar-refractivity contribution >= 4 is 42.9 Å². The van der Waals surface area contributed by atoms with E-state index in [1.807, 2.05) is 26.8 Å². The van der Waals surface area contributed by atoms with Crippen molar-refractivity contribution in [2.45, 2.75) is 20.8 Å². The van der Waals surface area contributed by atoms with Gasteiger partial charge in [0.25, 0.3) is 0 Å². The molecule has 0 aliphatic rings. The van der Waals surface area contributed by atoms with Crippen molar-refractivity contribution in [3.63, 3.8) is 0 Å². The SMILES string of the molecule is COc1cc2nc(C)nc(Nc3c(C)[se]c(C(=O)O)c3C)c2cc1OC. The summed E-state index contributed by atoms with van der Waals surface area (Å²) in [5.41, 5.74) is 2.29. The van der Waals surface area contributed by atoms with Gasteiger partial charge in [0.2, 0.25) is 0 Å². The van der Waals surface area contributed by atoms with Crippen LogP contribution in [0.15, 0.2) is 12.1 Å². The molecule has 0 radical (unpaired) electrons. The van der Waals surface area contributed by atoms with E-state index in [9.17, 15) is 9.90 Å². The molecule has 136 valence electrons. The van der Waals surface area contributed by atoms with Crippen LogP contribution in [0, 0.1) is 20.8 Å². The van der Waals surface area contributed by atoms with Crippen molar-refractivity contribution in [1.29, 1.82) is 0 Å². The van der Waals surface area contributed by atoms with Gasteiger partial charge in [-0.25, -0.2) is 0 Å². The topological polar surface area (TPSA) is 93.6 Å². The Kier molecular flexibility index (Phi) is 4.89. The van der Waals surface area contributed by atoms with Crippen LogP contribution in [0.3, 0.4) is 0 Å². The molecule has 7 nitrogen and oxygen atoms in total. The number of ether oxygens (including phenoxy) is 2. The fourth-order valence-corrected chi connectivity index (χ4v) is 4.83. The molecule has 0 spiro atoms. The van der Waals surface area contributed by atoms with E-state index in [1.165, 1.54) is 0 Å². The number of anilines is 2. The molecule has 0 aliphatic heterocycles. The number of benzene rings is 1. The molecule has 0 atom stereocenters. The molecule has 3 rings (SSSR count). The van der Waals surface area contributed by atoms with Crippen molar-refractivity contribution < 1.29 is 19.4 Å². The fraction of sp³-hybridized carbons (Fsp3) is 0.278. The van der Waals surface area contributed by atoms with E-state index in [2.05, 4.69) is 15.3 Å². The Morgan fingerprint density at radius 2 is 1.77 bits per heavy atom. The van der Waals surface area contributed by atoms with Gasteiger partial charge in [0.15, 0.2) is 0 Å². The van der Waals surface area contributed by atoms with Gasteiger partial charge in [-0.15, -0.1) is 0 Å². The molecule has 3 aromatic rings. The summed E-state index contributed by atoms with van der Waals surface area (Å²) in [6.07, 6.45) is 0. The normalized spacial score (nSPS) is 10.8. The molecule has 0 fully saturated rings. The molecular formula is C18H19N3O4Se. The van der Waals surface area contributed by atoms with Crippen molar-refractivity contribution in [3.8, 4) is 11.5 Å². The number of nitrogens with one attached hydrogen (secondary N) is 1. The van der Waals surface area contributed by atoms with Crippen LogP contribution in [0.5, 0.6) is 11.5 Å². The van der Waals surface area contributed by atoms with Gasteiger partial charge in [0.05, 0.1) is 0 Å². The predicted molar refractivity (Wildman–Crippen MR) is 100 cm³/mol. The van der Waals surface area contributed by atoms with E-state index >= 15 is 0 Å². The molecule has 0 amide bonds. The summed E-state index contributed by atoms with van der Waals surface area (Å²) in [5, 5.41) is 13.5. The average Bonchev–Trinajstić information content (AvgIpc) is 2.88. The van der Waals surface area contributed by atoms with Crippen LogP contribution in [-0.4, -0.2) is 49.8 Å². The predicted octanol–water partition coefficient (Wildman–Crippen LogP) is 3.07. The molecule has 0 unspecified atom stereocenters.